The maximum absolute atomic E-state index is 12.2. The number of hydrogen-bond acceptors (Lipinski definition) is 6. The van der Waals surface area contributed by atoms with Gasteiger partial charge in [0.2, 0.25) is 0 Å². The molecule has 4 rings (SSSR count). The molecule has 0 radical (unpaired) electrons. The lowest BCUT2D eigenvalue weighted by Crippen LogP contribution is -2.50. The van der Waals surface area contributed by atoms with Crippen LogP contribution in [0.5, 0.6) is 0 Å². The minimum atomic E-state index is -0.486. The topological polar surface area (TPSA) is 87.2 Å². The van der Waals surface area contributed by atoms with Crippen molar-refractivity contribution < 1.29 is 9.53 Å². The molecule has 0 spiro atoms. The number of anilines is 1. The van der Waals surface area contributed by atoms with Crippen LogP contribution in [0.4, 0.5) is 10.6 Å². The molecule has 0 aliphatic carbocycles. The number of piperazine rings is 1. The van der Waals surface area contributed by atoms with Crippen LogP contribution in [0.1, 0.15) is 20.8 Å². The second kappa shape index (κ2) is 7.10. The molecule has 1 saturated heterocycles. The van der Waals surface area contributed by atoms with Gasteiger partial charge < -0.3 is 19.5 Å². The van der Waals surface area contributed by atoms with Crippen molar-refractivity contribution in [3.63, 3.8) is 0 Å². The fourth-order valence-electron chi connectivity index (χ4n) is 3.14. The highest BCUT2D eigenvalue weighted by atomic mass is 16.6. The summed E-state index contributed by atoms with van der Waals surface area (Å²) in [6.07, 6.45) is 3.18. The van der Waals surface area contributed by atoms with Crippen LogP contribution in [-0.2, 0) is 4.74 Å². The van der Waals surface area contributed by atoms with Crippen LogP contribution in [0.2, 0.25) is 0 Å². The summed E-state index contributed by atoms with van der Waals surface area (Å²) in [6, 6.07) is 7.87. The van der Waals surface area contributed by atoms with Gasteiger partial charge in [-0.15, -0.1) is 0 Å². The Hall–Kier alpha value is -3.16. The largest absolute Gasteiger partial charge is 0.444 e. The standard InChI is InChI=1S/C20H24N6O2/c1-20(2,3)28-19(27)26-10-8-25(9-11-26)17-13-21-12-16(22-17)18-23-14-6-4-5-7-15(14)24-18/h4-7,12-13H,8-11H2,1-3H3,(H,23,24). The second-order valence-corrected chi connectivity index (χ2v) is 7.82. The minimum Gasteiger partial charge on any atom is -0.444 e. The zero-order valence-corrected chi connectivity index (χ0v) is 16.3. The Balaban J connectivity index is 1.46. The van der Waals surface area contributed by atoms with Crippen LogP contribution >= 0.6 is 0 Å². The van der Waals surface area contributed by atoms with E-state index < -0.39 is 5.60 Å². The molecular formula is C20H24N6O2. The molecule has 1 aliphatic rings. The third-order valence-electron chi connectivity index (χ3n) is 4.51. The summed E-state index contributed by atoms with van der Waals surface area (Å²) in [6.45, 7) is 8.16. The third kappa shape index (κ3) is 3.90. The Labute approximate surface area is 163 Å². The van der Waals surface area contributed by atoms with E-state index in [4.69, 9.17) is 9.72 Å². The minimum absolute atomic E-state index is 0.269. The fourth-order valence-corrected chi connectivity index (χ4v) is 3.14. The van der Waals surface area contributed by atoms with Crippen molar-refractivity contribution in [2.45, 2.75) is 26.4 Å². The molecule has 8 heteroatoms. The van der Waals surface area contributed by atoms with Crippen molar-refractivity contribution in [2.24, 2.45) is 0 Å². The number of ether oxygens (including phenoxy) is 1. The summed E-state index contributed by atoms with van der Waals surface area (Å²) in [4.78, 5) is 33.0. The van der Waals surface area contributed by atoms with Crippen molar-refractivity contribution in [2.75, 3.05) is 31.1 Å². The second-order valence-electron chi connectivity index (χ2n) is 7.82. The SMILES string of the molecule is CC(C)(C)OC(=O)N1CCN(c2cncc(-c3nc4ccccc4[nH]3)n2)CC1. The van der Waals surface area contributed by atoms with Crippen LogP contribution in [0.25, 0.3) is 22.6 Å². The first-order chi connectivity index (χ1) is 13.4. The van der Waals surface area contributed by atoms with E-state index in [2.05, 4.69) is 19.9 Å². The number of aromatic amines is 1. The molecule has 3 heterocycles. The number of H-pyrrole nitrogens is 1. The highest BCUT2D eigenvalue weighted by Gasteiger charge is 2.26. The average molecular weight is 380 g/mol. The number of fused-ring (bicyclic) bond motifs is 1. The number of rotatable bonds is 2. The van der Waals surface area contributed by atoms with Crippen LogP contribution in [0.3, 0.4) is 0 Å². The van der Waals surface area contributed by atoms with Crippen LogP contribution in [0.15, 0.2) is 36.7 Å². The first kappa shape index (κ1) is 18.2. The first-order valence-corrected chi connectivity index (χ1v) is 9.39. The van der Waals surface area contributed by atoms with E-state index in [0.717, 1.165) is 16.9 Å². The maximum atomic E-state index is 12.2. The number of aromatic nitrogens is 4. The summed E-state index contributed by atoms with van der Waals surface area (Å²) in [5.41, 5.74) is 2.08. The van der Waals surface area contributed by atoms with E-state index in [1.807, 2.05) is 45.0 Å². The number of amides is 1. The molecule has 28 heavy (non-hydrogen) atoms. The predicted octanol–water partition coefficient (Wildman–Crippen LogP) is 3.08. The van der Waals surface area contributed by atoms with Crippen molar-refractivity contribution in [1.29, 1.82) is 0 Å². The zero-order chi connectivity index (χ0) is 19.7. The Morgan fingerprint density at radius 1 is 1.07 bits per heavy atom. The van der Waals surface area contributed by atoms with E-state index in [-0.39, 0.29) is 6.09 Å². The lowest BCUT2D eigenvalue weighted by atomic mass is 10.2. The molecule has 1 aliphatic heterocycles. The number of imidazole rings is 1. The first-order valence-electron chi connectivity index (χ1n) is 9.39. The molecule has 3 aromatic rings. The quantitative estimate of drug-likeness (QED) is 0.735. The van der Waals surface area contributed by atoms with Gasteiger partial charge in [0.25, 0.3) is 0 Å². The van der Waals surface area contributed by atoms with Gasteiger partial charge in [-0.3, -0.25) is 4.98 Å². The molecule has 0 saturated carbocycles. The van der Waals surface area contributed by atoms with Gasteiger partial charge in [-0.2, -0.15) is 0 Å². The molecule has 1 amide bonds. The summed E-state index contributed by atoms with van der Waals surface area (Å²) in [5, 5.41) is 0. The number of nitrogens with one attached hydrogen (secondary N) is 1. The summed E-state index contributed by atoms with van der Waals surface area (Å²) in [5.74, 6) is 1.48. The number of benzene rings is 1. The highest BCUT2D eigenvalue weighted by Crippen LogP contribution is 2.21. The lowest BCUT2D eigenvalue weighted by molar-refractivity contribution is 0.0240. The normalized spacial score (nSPS) is 15.1. The Kier molecular flexibility index (Phi) is 4.62. The number of nitrogens with zero attached hydrogens (tertiary/aromatic N) is 5. The molecule has 2 aromatic heterocycles. The van der Waals surface area contributed by atoms with Gasteiger partial charge >= 0.3 is 6.09 Å². The fraction of sp³-hybridized carbons (Fsp3) is 0.400. The van der Waals surface area contributed by atoms with Gasteiger partial charge in [-0.05, 0) is 32.9 Å². The number of carbonyl (C=O) groups is 1. The molecule has 1 N–H and O–H groups in total. The molecule has 0 unspecified atom stereocenters. The van der Waals surface area contributed by atoms with Crippen molar-refractivity contribution >= 4 is 22.9 Å². The third-order valence-corrected chi connectivity index (χ3v) is 4.51. The summed E-state index contributed by atoms with van der Waals surface area (Å²) >= 11 is 0. The summed E-state index contributed by atoms with van der Waals surface area (Å²) < 4.78 is 5.45. The molecule has 146 valence electrons. The number of hydrogen-bond donors (Lipinski definition) is 1. The molecule has 1 aromatic carbocycles. The van der Waals surface area contributed by atoms with Crippen LogP contribution < -0.4 is 4.90 Å². The number of para-hydroxylation sites is 2. The van der Waals surface area contributed by atoms with Gasteiger partial charge in [-0.25, -0.2) is 14.8 Å². The Morgan fingerprint density at radius 2 is 1.82 bits per heavy atom. The van der Waals surface area contributed by atoms with Gasteiger partial charge in [-0.1, -0.05) is 12.1 Å². The van der Waals surface area contributed by atoms with E-state index in [9.17, 15) is 4.79 Å². The molecule has 0 bridgehead atoms. The van der Waals surface area contributed by atoms with Crippen molar-refractivity contribution in [3.8, 4) is 11.5 Å². The predicted molar refractivity (Wildman–Crippen MR) is 107 cm³/mol. The average Bonchev–Trinajstić information content (AvgIpc) is 3.11. The van der Waals surface area contributed by atoms with Gasteiger partial charge in [0, 0.05) is 26.2 Å². The summed E-state index contributed by atoms with van der Waals surface area (Å²) in [7, 11) is 0. The van der Waals surface area contributed by atoms with Crippen molar-refractivity contribution in [1.82, 2.24) is 24.8 Å². The Morgan fingerprint density at radius 3 is 2.54 bits per heavy atom. The molecule has 1 fully saturated rings. The number of carbonyl (C=O) groups excluding carboxylic acids is 1. The van der Waals surface area contributed by atoms with E-state index in [0.29, 0.717) is 37.7 Å². The highest BCUT2D eigenvalue weighted by molar-refractivity contribution is 5.78. The van der Waals surface area contributed by atoms with Gasteiger partial charge in [0.05, 0.1) is 23.4 Å². The van der Waals surface area contributed by atoms with Crippen molar-refractivity contribution in [3.05, 3.63) is 36.7 Å². The van der Waals surface area contributed by atoms with Crippen LogP contribution in [-0.4, -0.2) is 62.7 Å². The van der Waals surface area contributed by atoms with Crippen LogP contribution in [0, 0.1) is 0 Å². The zero-order valence-electron chi connectivity index (χ0n) is 16.3. The van der Waals surface area contributed by atoms with Gasteiger partial charge in [0.15, 0.2) is 5.82 Å². The molecule has 0 atom stereocenters. The monoisotopic (exact) mass is 380 g/mol. The van der Waals surface area contributed by atoms with Gasteiger partial charge in [0.1, 0.15) is 17.1 Å². The van der Waals surface area contributed by atoms with E-state index in [1.165, 1.54) is 0 Å². The lowest BCUT2D eigenvalue weighted by Gasteiger charge is -2.36. The molecule has 8 nitrogen and oxygen atoms in total. The smallest absolute Gasteiger partial charge is 0.410 e. The maximum Gasteiger partial charge on any atom is 0.410 e. The Bertz CT molecular complexity index is 953. The van der Waals surface area contributed by atoms with E-state index >= 15 is 0 Å². The molecular weight excluding hydrogens is 356 g/mol. The van der Waals surface area contributed by atoms with E-state index in [1.54, 1.807) is 17.3 Å².